The Morgan fingerprint density at radius 1 is 0.812 bits per heavy atom. The van der Waals surface area contributed by atoms with E-state index in [1.165, 1.54) is 10.5 Å². The van der Waals surface area contributed by atoms with Crippen molar-refractivity contribution in [3.05, 3.63) is 71.6 Å². The van der Waals surface area contributed by atoms with Crippen molar-refractivity contribution in [1.29, 1.82) is 0 Å². The highest BCUT2D eigenvalue weighted by Crippen LogP contribution is 2.13. The molecule has 0 saturated heterocycles. The van der Waals surface area contributed by atoms with Crippen LogP contribution in [0.5, 0.6) is 0 Å². The smallest absolute Gasteiger partial charge is 0.0622 e. The van der Waals surface area contributed by atoms with Gasteiger partial charge in [0.25, 0.3) is 0 Å². The van der Waals surface area contributed by atoms with Gasteiger partial charge in [-0.1, -0.05) is 48.5 Å². The van der Waals surface area contributed by atoms with Crippen molar-refractivity contribution in [3.63, 3.8) is 0 Å². The van der Waals surface area contributed by atoms with Crippen molar-refractivity contribution in [3.8, 4) is 0 Å². The summed E-state index contributed by atoms with van der Waals surface area (Å²) in [6.07, 6.45) is 4.44. The second kappa shape index (κ2) is 5.57. The van der Waals surface area contributed by atoms with E-state index in [9.17, 15) is 0 Å². The van der Waals surface area contributed by atoms with Gasteiger partial charge in [-0.2, -0.15) is 0 Å². The van der Waals surface area contributed by atoms with Gasteiger partial charge in [0.05, 0.1) is 10.9 Å². The molecule has 0 fully saturated rings. The summed E-state index contributed by atoms with van der Waals surface area (Å²) >= 11 is 0. The molecule has 2 rings (SSSR count). The predicted molar refractivity (Wildman–Crippen MR) is 73.5 cm³/mol. The molecule has 0 nitrogen and oxygen atoms in total. The number of rotatable bonds is 3. The molecule has 0 N–H and O–H groups in total. The van der Waals surface area contributed by atoms with Gasteiger partial charge in [0.1, 0.15) is 11.7 Å². The van der Waals surface area contributed by atoms with E-state index < -0.39 is 0 Å². The molecule has 0 radical (unpaired) electrons. The summed E-state index contributed by atoms with van der Waals surface area (Å²) in [5.41, 5.74) is 1.26. The summed E-state index contributed by atoms with van der Waals surface area (Å²) in [5, 5.41) is 2.27. The Balaban J connectivity index is 2.08. The lowest BCUT2D eigenvalue weighted by Crippen LogP contribution is -1.93. The quantitative estimate of drug-likeness (QED) is 0.696. The van der Waals surface area contributed by atoms with E-state index >= 15 is 0 Å². The van der Waals surface area contributed by atoms with Gasteiger partial charge in [0.2, 0.25) is 0 Å². The highest BCUT2D eigenvalue weighted by atomic mass is 32.2. The van der Waals surface area contributed by atoms with Crippen LogP contribution >= 0.6 is 0 Å². The van der Waals surface area contributed by atoms with E-state index in [4.69, 9.17) is 0 Å². The third kappa shape index (κ3) is 3.01. The molecule has 2 aromatic carbocycles. The monoisotopic (exact) mass is 227 g/mol. The van der Waals surface area contributed by atoms with Crippen LogP contribution in [0.15, 0.2) is 71.0 Å². The molecule has 0 saturated carbocycles. The standard InChI is InChI=1S/C15H15S/c1-16(15-10-6-3-7-11-15)13-12-14-8-4-2-5-9-14/h2-13H,1H3/q+1/b13-12+. The normalized spacial score (nSPS) is 12.8. The minimum absolute atomic E-state index is 0.186. The SMILES string of the molecule is C[S+](/C=C/c1ccccc1)c1ccccc1. The van der Waals surface area contributed by atoms with Gasteiger partial charge in [-0.3, -0.25) is 0 Å². The van der Waals surface area contributed by atoms with Crippen LogP contribution in [-0.4, -0.2) is 6.26 Å². The van der Waals surface area contributed by atoms with Gasteiger partial charge in [0.15, 0.2) is 4.90 Å². The molecule has 0 aliphatic carbocycles. The molecule has 16 heavy (non-hydrogen) atoms. The van der Waals surface area contributed by atoms with E-state index in [1.54, 1.807) is 0 Å². The fraction of sp³-hybridized carbons (Fsp3) is 0.0667. The molecule has 1 unspecified atom stereocenters. The molecule has 0 amide bonds. The van der Waals surface area contributed by atoms with E-state index in [2.05, 4.69) is 72.3 Å². The van der Waals surface area contributed by atoms with Gasteiger partial charge in [-0.25, -0.2) is 0 Å². The molecule has 2 aromatic rings. The fourth-order valence-corrected chi connectivity index (χ4v) is 2.56. The molecule has 0 aromatic heterocycles. The molecule has 0 aliphatic heterocycles. The second-order valence-electron chi connectivity index (χ2n) is 3.58. The number of hydrogen-bond donors (Lipinski definition) is 0. The van der Waals surface area contributed by atoms with E-state index in [0.29, 0.717) is 0 Å². The Morgan fingerprint density at radius 3 is 2.00 bits per heavy atom. The first kappa shape index (κ1) is 11.0. The van der Waals surface area contributed by atoms with Crippen molar-refractivity contribution in [2.24, 2.45) is 0 Å². The molecular formula is C15H15S+. The van der Waals surface area contributed by atoms with Crippen LogP contribution in [-0.2, 0) is 10.9 Å². The lowest BCUT2D eigenvalue weighted by Gasteiger charge is -1.95. The maximum atomic E-state index is 2.27. The zero-order valence-corrected chi connectivity index (χ0v) is 10.2. The van der Waals surface area contributed by atoms with Gasteiger partial charge in [-0.05, 0) is 23.8 Å². The second-order valence-corrected chi connectivity index (χ2v) is 5.44. The third-order valence-corrected chi connectivity index (χ3v) is 3.94. The van der Waals surface area contributed by atoms with Crippen molar-refractivity contribution >= 4 is 17.0 Å². The molecule has 80 valence electrons. The largest absolute Gasteiger partial charge is 0.159 e. The fourth-order valence-electron chi connectivity index (χ4n) is 1.46. The predicted octanol–water partition coefficient (Wildman–Crippen LogP) is 3.96. The first-order valence-electron chi connectivity index (χ1n) is 5.29. The third-order valence-electron chi connectivity index (χ3n) is 2.38. The maximum absolute atomic E-state index is 2.27. The van der Waals surface area contributed by atoms with Crippen LogP contribution in [0.1, 0.15) is 5.56 Å². The Hall–Kier alpha value is -1.47. The van der Waals surface area contributed by atoms with E-state index in [1.807, 2.05) is 6.07 Å². The van der Waals surface area contributed by atoms with Gasteiger partial charge in [0, 0.05) is 0 Å². The topological polar surface area (TPSA) is 0 Å². The Labute approximate surface area is 100.0 Å². The average Bonchev–Trinajstić information content (AvgIpc) is 2.38. The average molecular weight is 227 g/mol. The molecular weight excluding hydrogens is 212 g/mol. The van der Waals surface area contributed by atoms with E-state index in [-0.39, 0.29) is 10.9 Å². The number of hydrogen-bond acceptors (Lipinski definition) is 0. The first-order valence-corrected chi connectivity index (χ1v) is 6.99. The van der Waals surface area contributed by atoms with Gasteiger partial charge >= 0.3 is 0 Å². The van der Waals surface area contributed by atoms with Crippen LogP contribution in [0.4, 0.5) is 0 Å². The minimum atomic E-state index is 0.186. The molecule has 1 heteroatoms. The summed E-state index contributed by atoms with van der Waals surface area (Å²) in [6, 6.07) is 21.0. The molecule has 0 heterocycles. The summed E-state index contributed by atoms with van der Waals surface area (Å²) in [6.45, 7) is 0. The molecule has 1 atom stereocenters. The van der Waals surface area contributed by atoms with Crippen LogP contribution < -0.4 is 0 Å². The van der Waals surface area contributed by atoms with Gasteiger partial charge in [-0.15, -0.1) is 0 Å². The summed E-state index contributed by atoms with van der Waals surface area (Å²) in [5.74, 6) is 0. The number of benzene rings is 2. The molecule has 0 spiro atoms. The van der Waals surface area contributed by atoms with Crippen molar-refractivity contribution < 1.29 is 0 Å². The zero-order valence-electron chi connectivity index (χ0n) is 9.34. The van der Waals surface area contributed by atoms with Gasteiger partial charge < -0.3 is 0 Å². The highest BCUT2D eigenvalue weighted by Gasteiger charge is 2.09. The van der Waals surface area contributed by atoms with E-state index in [0.717, 1.165) is 0 Å². The Kier molecular flexibility index (Phi) is 3.84. The Morgan fingerprint density at radius 2 is 1.38 bits per heavy atom. The van der Waals surface area contributed by atoms with Crippen molar-refractivity contribution in [2.75, 3.05) is 6.26 Å². The highest BCUT2D eigenvalue weighted by molar-refractivity contribution is 7.99. The lowest BCUT2D eigenvalue weighted by molar-refractivity contribution is 1.46. The van der Waals surface area contributed by atoms with Crippen LogP contribution in [0, 0.1) is 0 Å². The molecule has 0 bridgehead atoms. The molecule has 0 aliphatic rings. The summed E-state index contributed by atoms with van der Waals surface area (Å²) in [7, 11) is 0.186. The summed E-state index contributed by atoms with van der Waals surface area (Å²) < 4.78 is 0. The van der Waals surface area contributed by atoms with Crippen molar-refractivity contribution in [2.45, 2.75) is 4.90 Å². The Bertz CT molecular complexity index is 445. The summed E-state index contributed by atoms with van der Waals surface area (Å²) in [4.78, 5) is 1.38. The zero-order chi connectivity index (χ0) is 11.2. The maximum Gasteiger partial charge on any atom is 0.159 e. The van der Waals surface area contributed by atoms with Crippen LogP contribution in [0.2, 0.25) is 0 Å². The lowest BCUT2D eigenvalue weighted by atomic mass is 10.2. The first-order chi connectivity index (χ1) is 7.86. The van der Waals surface area contributed by atoms with Crippen LogP contribution in [0.3, 0.4) is 0 Å². The minimum Gasteiger partial charge on any atom is -0.0622 e. The van der Waals surface area contributed by atoms with Crippen LogP contribution in [0.25, 0.3) is 6.08 Å². The van der Waals surface area contributed by atoms with Crippen molar-refractivity contribution in [1.82, 2.24) is 0 Å².